The van der Waals surface area contributed by atoms with Crippen LogP contribution in [0.4, 0.5) is 5.13 Å². The van der Waals surface area contributed by atoms with Gasteiger partial charge in [-0.3, -0.25) is 15.0 Å². The summed E-state index contributed by atoms with van der Waals surface area (Å²) in [7, 11) is 0. The fraction of sp³-hybridized carbons (Fsp3) is 0.500. The molecule has 0 aliphatic carbocycles. The van der Waals surface area contributed by atoms with Gasteiger partial charge in [0.2, 0.25) is 0 Å². The minimum absolute atomic E-state index is 0.190. The Morgan fingerprint density at radius 2 is 2.04 bits per heavy atom. The van der Waals surface area contributed by atoms with Gasteiger partial charge in [0.1, 0.15) is 5.75 Å². The lowest BCUT2D eigenvalue weighted by molar-refractivity contribution is -0.122. The average molecular weight is 452 g/mol. The summed E-state index contributed by atoms with van der Waals surface area (Å²) >= 11 is 4.95. The van der Waals surface area contributed by atoms with E-state index >= 15 is 0 Å². The van der Waals surface area contributed by atoms with E-state index in [1.807, 2.05) is 31.2 Å². The number of benzene rings is 1. The molecule has 1 aliphatic rings. The highest BCUT2D eigenvalue weighted by atomic mass is 79.9. The molecule has 1 saturated heterocycles. The van der Waals surface area contributed by atoms with Crippen molar-refractivity contribution < 1.29 is 9.53 Å². The first-order valence-corrected chi connectivity index (χ1v) is 10.9. The Balaban J connectivity index is 1.55. The van der Waals surface area contributed by atoms with Gasteiger partial charge in [0, 0.05) is 15.9 Å². The molecule has 1 amide bonds. The highest BCUT2D eigenvalue weighted by Crippen LogP contribution is 2.26. The van der Waals surface area contributed by atoms with Crippen molar-refractivity contribution in [3.8, 4) is 5.75 Å². The van der Waals surface area contributed by atoms with Crippen molar-refractivity contribution in [2.75, 3.05) is 18.4 Å². The average Bonchev–Trinajstić information content (AvgIpc) is 2.98. The number of likely N-dealkylation sites (tertiary alicyclic amines) is 1. The largest absolute Gasteiger partial charge is 0.481 e. The number of halogens is 1. The molecule has 1 aromatic carbocycles. The van der Waals surface area contributed by atoms with Crippen LogP contribution in [0.1, 0.15) is 37.3 Å². The number of aryl methyl sites for hydroxylation is 1. The van der Waals surface area contributed by atoms with Gasteiger partial charge in [0.25, 0.3) is 5.91 Å². The van der Waals surface area contributed by atoms with Crippen LogP contribution in [-0.4, -0.2) is 35.0 Å². The predicted octanol–water partition coefficient (Wildman–Crippen LogP) is 4.85. The first kappa shape index (κ1) is 20.3. The zero-order valence-electron chi connectivity index (χ0n) is 16.0. The number of hydrogen-bond acceptors (Lipinski definition) is 5. The molecule has 5 nitrogen and oxygen atoms in total. The van der Waals surface area contributed by atoms with E-state index in [0.29, 0.717) is 10.9 Å². The summed E-state index contributed by atoms with van der Waals surface area (Å²) < 4.78 is 6.68. The first-order chi connectivity index (χ1) is 12.9. The SMILES string of the molecule is Cc1nc(NC(=O)C(C)Oc2ccc(Br)cc2)sc1CN1CCC(C)CC1. The van der Waals surface area contributed by atoms with Crippen LogP contribution in [0.25, 0.3) is 0 Å². The minimum Gasteiger partial charge on any atom is -0.481 e. The number of hydrogen-bond donors (Lipinski definition) is 1. The van der Waals surface area contributed by atoms with Crippen LogP contribution in [0.15, 0.2) is 28.7 Å². The number of amides is 1. The van der Waals surface area contributed by atoms with Gasteiger partial charge in [0.15, 0.2) is 11.2 Å². The molecule has 1 atom stereocenters. The molecule has 2 heterocycles. The standard InChI is InChI=1S/C20H26BrN3O2S/c1-13-8-10-24(11-9-13)12-18-14(2)22-20(27-18)23-19(25)15(3)26-17-6-4-16(21)5-7-17/h4-7,13,15H,8-12H2,1-3H3,(H,22,23,25). The van der Waals surface area contributed by atoms with Crippen LogP contribution >= 0.6 is 27.3 Å². The molecule has 2 aromatic rings. The van der Waals surface area contributed by atoms with E-state index in [1.54, 1.807) is 18.3 Å². The maximum absolute atomic E-state index is 12.4. The Hall–Kier alpha value is -1.44. The van der Waals surface area contributed by atoms with E-state index < -0.39 is 6.10 Å². The van der Waals surface area contributed by atoms with E-state index in [2.05, 4.69) is 38.1 Å². The minimum atomic E-state index is -0.595. The molecular weight excluding hydrogens is 426 g/mol. The second-order valence-corrected chi connectivity index (χ2v) is 9.19. The third kappa shape index (κ3) is 5.77. The van der Waals surface area contributed by atoms with Crippen molar-refractivity contribution in [1.29, 1.82) is 0 Å². The predicted molar refractivity (Wildman–Crippen MR) is 113 cm³/mol. The van der Waals surface area contributed by atoms with Crippen LogP contribution in [0, 0.1) is 12.8 Å². The maximum atomic E-state index is 12.4. The third-order valence-electron chi connectivity index (χ3n) is 4.86. The molecule has 27 heavy (non-hydrogen) atoms. The molecule has 0 bridgehead atoms. The van der Waals surface area contributed by atoms with Gasteiger partial charge in [0.05, 0.1) is 5.69 Å². The summed E-state index contributed by atoms with van der Waals surface area (Å²) in [6, 6.07) is 7.44. The van der Waals surface area contributed by atoms with E-state index in [0.717, 1.165) is 35.7 Å². The number of rotatable bonds is 6. The number of carbonyl (C=O) groups excluding carboxylic acids is 1. The van der Waals surface area contributed by atoms with E-state index in [9.17, 15) is 4.79 Å². The Labute approximate surface area is 173 Å². The molecule has 0 saturated carbocycles. The fourth-order valence-corrected chi connectivity index (χ4v) is 4.30. The van der Waals surface area contributed by atoms with Crippen molar-refractivity contribution in [3.63, 3.8) is 0 Å². The molecule has 1 N–H and O–H groups in total. The zero-order valence-corrected chi connectivity index (χ0v) is 18.4. The van der Waals surface area contributed by atoms with Crippen molar-refractivity contribution >= 4 is 38.3 Å². The highest BCUT2D eigenvalue weighted by Gasteiger charge is 2.20. The molecular formula is C20H26BrN3O2S. The lowest BCUT2D eigenvalue weighted by Crippen LogP contribution is -2.32. The topological polar surface area (TPSA) is 54.5 Å². The van der Waals surface area contributed by atoms with E-state index in [4.69, 9.17) is 4.74 Å². The van der Waals surface area contributed by atoms with Crippen molar-refractivity contribution in [2.45, 2.75) is 46.3 Å². The number of piperidine rings is 1. The Morgan fingerprint density at radius 1 is 1.37 bits per heavy atom. The number of anilines is 1. The molecule has 1 unspecified atom stereocenters. The monoisotopic (exact) mass is 451 g/mol. The Bertz CT molecular complexity index is 770. The van der Waals surface area contributed by atoms with E-state index in [1.165, 1.54) is 17.7 Å². The molecule has 146 valence electrons. The Morgan fingerprint density at radius 3 is 2.70 bits per heavy atom. The molecule has 1 aromatic heterocycles. The van der Waals surface area contributed by atoms with E-state index in [-0.39, 0.29) is 5.91 Å². The van der Waals surface area contributed by atoms with Crippen molar-refractivity contribution in [1.82, 2.24) is 9.88 Å². The summed E-state index contributed by atoms with van der Waals surface area (Å²) in [5, 5.41) is 3.54. The van der Waals surface area contributed by atoms with Gasteiger partial charge in [-0.25, -0.2) is 4.98 Å². The van der Waals surface area contributed by atoms with Crippen LogP contribution in [-0.2, 0) is 11.3 Å². The molecule has 1 fully saturated rings. The van der Waals surface area contributed by atoms with Crippen LogP contribution < -0.4 is 10.1 Å². The second kappa shape index (κ2) is 9.17. The zero-order chi connectivity index (χ0) is 19.4. The van der Waals surface area contributed by atoms with Crippen molar-refractivity contribution in [2.24, 2.45) is 5.92 Å². The van der Waals surface area contributed by atoms with Crippen LogP contribution in [0.5, 0.6) is 5.75 Å². The smallest absolute Gasteiger partial charge is 0.266 e. The second-order valence-electron chi connectivity index (χ2n) is 7.19. The van der Waals surface area contributed by atoms with Gasteiger partial charge < -0.3 is 4.74 Å². The summed E-state index contributed by atoms with van der Waals surface area (Å²) in [5.41, 5.74) is 0.996. The molecule has 7 heteroatoms. The summed E-state index contributed by atoms with van der Waals surface area (Å²) in [5.74, 6) is 1.30. The van der Waals surface area contributed by atoms with Gasteiger partial charge in [-0.1, -0.05) is 22.9 Å². The summed E-state index contributed by atoms with van der Waals surface area (Å²) in [6.07, 6.45) is 1.92. The lowest BCUT2D eigenvalue weighted by Gasteiger charge is -2.29. The quantitative estimate of drug-likeness (QED) is 0.681. The fourth-order valence-electron chi connectivity index (χ4n) is 3.03. The number of nitrogens with zero attached hydrogens (tertiary/aromatic N) is 2. The van der Waals surface area contributed by atoms with Gasteiger partial charge in [-0.05, 0) is 70.0 Å². The van der Waals surface area contributed by atoms with Crippen LogP contribution in [0.3, 0.4) is 0 Å². The normalized spacial score (nSPS) is 16.9. The third-order valence-corrected chi connectivity index (χ3v) is 6.45. The lowest BCUT2D eigenvalue weighted by atomic mass is 9.99. The van der Waals surface area contributed by atoms with Gasteiger partial charge in [-0.15, -0.1) is 11.3 Å². The van der Waals surface area contributed by atoms with Gasteiger partial charge >= 0.3 is 0 Å². The highest BCUT2D eigenvalue weighted by molar-refractivity contribution is 9.10. The summed E-state index contributed by atoms with van der Waals surface area (Å²) in [6.45, 7) is 9.26. The summed E-state index contributed by atoms with van der Waals surface area (Å²) in [4.78, 5) is 20.7. The number of nitrogens with one attached hydrogen (secondary N) is 1. The first-order valence-electron chi connectivity index (χ1n) is 9.32. The molecule has 0 spiro atoms. The number of aromatic nitrogens is 1. The number of carbonyl (C=O) groups is 1. The Kier molecular flexibility index (Phi) is 6.89. The van der Waals surface area contributed by atoms with Crippen molar-refractivity contribution in [3.05, 3.63) is 39.3 Å². The molecule has 3 rings (SSSR count). The van der Waals surface area contributed by atoms with Gasteiger partial charge in [-0.2, -0.15) is 0 Å². The number of ether oxygens (including phenoxy) is 1. The molecule has 0 radical (unpaired) electrons. The molecule has 1 aliphatic heterocycles. The van der Waals surface area contributed by atoms with Crippen LogP contribution in [0.2, 0.25) is 0 Å². The maximum Gasteiger partial charge on any atom is 0.266 e. The number of thiazole rings is 1.